The summed E-state index contributed by atoms with van der Waals surface area (Å²) in [5.74, 6) is 0. The van der Waals surface area contributed by atoms with E-state index < -0.39 is 0 Å². The van der Waals surface area contributed by atoms with E-state index in [2.05, 4.69) is 0 Å². The predicted molar refractivity (Wildman–Crippen MR) is 29.4 cm³/mol. The zero-order valence-corrected chi connectivity index (χ0v) is 4.95. The first-order valence-electron chi connectivity index (χ1n) is 2.65. The van der Waals surface area contributed by atoms with E-state index >= 15 is 0 Å². The predicted octanol–water partition coefficient (Wildman–Crippen LogP) is 1.75. The molecule has 1 rings (SSSR count). The van der Waals surface area contributed by atoms with Crippen LogP contribution in [0, 0.1) is 0 Å². The van der Waals surface area contributed by atoms with Crippen molar-refractivity contribution in [3.8, 4) is 0 Å². The third-order valence-corrected chi connectivity index (χ3v) is 1.47. The topological polar surface area (TPSA) is 9.23 Å². The van der Waals surface area contributed by atoms with Crippen LogP contribution in [0.4, 0.5) is 0 Å². The molecule has 0 N–H and O–H groups in total. The molecule has 0 saturated carbocycles. The Balaban J connectivity index is 2.12. The van der Waals surface area contributed by atoms with E-state index in [-0.39, 0.29) is 5.56 Å². The Labute approximate surface area is 48.6 Å². The highest BCUT2D eigenvalue weighted by Crippen LogP contribution is 2.14. The highest BCUT2D eigenvalue weighted by molar-refractivity contribution is 6.19. The second kappa shape index (κ2) is 2.53. The van der Waals surface area contributed by atoms with Gasteiger partial charge in [0.1, 0.15) is 5.56 Å². The molecule has 0 radical (unpaired) electrons. The average molecular weight is 121 g/mol. The van der Waals surface area contributed by atoms with E-state index in [1.807, 2.05) is 0 Å². The number of alkyl halides is 1. The van der Waals surface area contributed by atoms with Crippen LogP contribution in [0.2, 0.25) is 0 Å². The van der Waals surface area contributed by atoms with Crippen molar-refractivity contribution in [2.75, 3.05) is 6.61 Å². The summed E-state index contributed by atoms with van der Waals surface area (Å²) >= 11 is 5.59. The number of hydrogen-bond donors (Lipinski definition) is 0. The minimum absolute atomic E-state index is 0.00810. The summed E-state index contributed by atoms with van der Waals surface area (Å²) in [5, 5.41) is 0. The molecule has 0 amide bonds. The second-order valence-electron chi connectivity index (χ2n) is 1.78. The van der Waals surface area contributed by atoms with Gasteiger partial charge in [0.25, 0.3) is 0 Å². The molecule has 1 nitrogen and oxygen atoms in total. The maximum Gasteiger partial charge on any atom is 0.131 e. The lowest BCUT2D eigenvalue weighted by Crippen LogP contribution is -2.11. The zero-order chi connectivity index (χ0) is 5.11. The van der Waals surface area contributed by atoms with Crippen LogP contribution in [0.3, 0.4) is 0 Å². The number of hydrogen-bond acceptors (Lipinski definition) is 1. The number of rotatable bonds is 0. The van der Waals surface area contributed by atoms with Gasteiger partial charge < -0.3 is 4.74 Å². The van der Waals surface area contributed by atoms with Gasteiger partial charge in [-0.3, -0.25) is 0 Å². The fraction of sp³-hybridized carbons (Fsp3) is 1.00. The standard InChI is InChI=1S/C5H9ClO/c6-5-3-1-2-4-7-5/h5H,1-4H2/t5-/m1/s1. The van der Waals surface area contributed by atoms with Gasteiger partial charge in [0, 0.05) is 6.61 Å². The van der Waals surface area contributed by atoms with Gasteiger partial charge in [0.2, 0.25) is 0 Å². The van der Waals surface area contributed by atoms with Crippen molar-refractivity contribution in [2.45, 2.75) is 24.8 Å². The molecule has 0 unspecified atom stereocenters. The van der Waals surface area contributed by atoms with Crippen LogP contribution in [-0.2, 0) is 4.74 Å². The number of halogens is 1. The Hall–Kier alpha value is 0.250. The van der Waals surface area contributed by atoms with Gasteiger partial charge in [-0.1, -0.05) is 11.6 Å². The normalized spacial score (nSPS) is 33.0. The van der Waals surface area contributed by atoms with Gasteiger partial charge in [-0.05, 0) is 19.3 Å². The van der Waals surface area contributed by atoms with Crippen molar-refractivity contribution in [1.29, 1.82) is 0 Å². The maximum absolute atomic E-state index is 5.59. The van der Waals surface area contributed by atoms with E-state index in [1.165, 1.54) is 12.8 Å². The molecule has 0 aromatic heterocycles. The maximum atomic E-state index is 5.59. The van der Waals surface area contributed by atoms with Gasteiger partial charge >= 0.3 is 0 Å². The second-order valence-corrected chi connectivity index (χ2v) is 2.26. The van der Waals surface area contributed by atoms with E-state index in [0.29, 0.717) is 0 Å². The van der Waals surface area contributed by atoms with Crippen LogP contribution in [0.25, 0.3) is 0 Å². The Morgan fingerprint density at radius 2 is 2.29 bits per heavy atom. The molecular weight excluding hydrogens is 112 g/mol. The Morgan fingerprint density at radius 3 is 2.57 bits per heavy atom. The molecule has 7 heavy (non-hydrogen) atoms. The van der Waals surface area contributed by atoms with Gasteiger partial charge in [0.15, 0.2) is 0 Å². The first-order valence-corrected chi connectivity index (χ1v) is 3.09. The van der Waals surface area contributed by atoms with E-state index in [1.54, 1.807) is 0 Å². The van der Waals surface area contributed by atoms with Gasteiger partial charge in [0.05, 0.1) is 0 Å². The molecule has 42 valence electrons. The lowest BCUT2D eigenvalue weighted by molar-refractivity contribution is 0.0680. The number of ether oxygens (including phenoxy) is 1. The molecule has 1 aliphatic rings. The lowest BCUT2D eigenvalue weighted by Gasteiger charge is -2.15. The molecule has 2 heteroatoms. The van der Waals surface area contributed by atoms with Gasteiger partial charge in [-0.2, -0.15) is 0 Å². The van der Waals surface area contributed by atoms with E-state index in [0.717, 1.165) is 13.0 Å². The van der Waals surface area contributed by atoms with Crippen molar-refractivity contribution < 1.29 is 4.74 Å². The van der Waals surface area contributed by atoms with Crippen molar-refractivity contribution in [1.82, 2.24) is 0 Å². The van der Waals surface area contributed by atoms with E-state index in [4.69, 9.17) is 16.3 Å². The van der Waals surface area contributed by atoms with Crippen molar-refractivity contribution in [2.24, 2.45) is 0 Å². The zero-order valence-electron chi connectivity index (χ0n) is 4.19. The van der Waals surface area contributed by atoms with Crippen LogP contribution in [0.5, 0.6) is 0 Å². The summed E-state index contributed by atoms with van der Waals surface area (Å²) in [7, 11) is 0. The quantitative estimate of drug-likeness (QED) is 0.443. The fourth-order valence-corrected chi connectivity index (χ4v) is 0.945. The minimum atomic E-state index is 0.00810. The summed E-state index contributed by atoms with van der Waals surface area (Å²) in [6.45, 7) is 0.855. The smallest absolute Gasteiger partial charge is 0.131 e. The fourth-order valence-electron chi connectivity index (χ4n) is 0.701. The summed E-state index contributed by atoms with van der Waals surface area (Å²) in [6.07, 6.45) is 3.44. The monoisotopic (exact) mass is 120 g/mol. The van der Waals surface area contributed by atoms with Crippen LogP contribution in [0.15, 0.2) is 0 Å². The van der Waals surface area contributed by atoms with Gasteiger partial charge in [-0.15, -0.1) is 0 Å². The largest absolute Gasteiger partial charge is 0.362 e. The summed E-state index contributed by atoms with van der Waals surface area (Å²) in [5.41, 5.74) is 0.00810. The molecule has 0 aromatic rings. The molecule has 0 aromatic carbocycles. The molecule has 1 saturated heterocycles. The summed E-state index contributed by atoms with van der Waals surface area (Å²) in [4.78, 5) is 0. The van der Waals surface area contributed by atoms with Crippen LogP contribution >= 0.6 is 11.6 Å². The molecule has 1 heterocycles. The molecule has 0 bridgehead atoms. The molecule has 0 aliphatic carbocycles. The first-order chi connectivity index (χ1) is 3.39. The highest BCUT2D eigenvalue weighted by atomic mass is 35.5. The van der Waals surface area contributed by atoms with Gasteiger partial charge in [-0.25, -0.2) is 0 Å². The molecule has 1 atom stereocenters. The van der Waals surface area contributed by atoms with Crippen molar-refractivity contribution >= 4 is 11.6 Å². The van der Waals surface area contributed by atoms with Crippen molar-refractivity contribution in [3.05, 3.63) is 0 Å². The van der Waals surface area contributed by atoms with Crippen LogP contribution in [0.1, 0.15) is 19.3 Å². The Bertz CT molecular complexity index is 50.0. The third-order valence-electron chi connectivity index (χ3n) is 1.12. The highest BCUT2D eigenvalue weighted by Gasteiger charge is 2.08. The Morgan fingerprint density at radius 1 is 1.43 bits per heavy atom. The minimum Gasteiger partial charge on any atom is -0.362 e. The van der Waals surface area contributed by atoms with Crippen molar-refractivity contribution in [3.63, 3.8) is 0 Å². The first kappa shape index (κ1) is 5.39. The summed E-state index contributed by atoms with van der Waals surface area (Å²) < 4.78 is 5.04. The SMILES string of the molecule is Cl[C@H]1CCCCO1. The lowest BCUT2D eigenvalue weighted by atomic mass is 10.2. The average Bonchev–Trinajstić information content (AvgIpc) is 1.69. The Kier molecular flexibility index (Phi) is 1.95. The summed E-state index contributed by atoms with van der Waals surface area (Å²) in [6, 6.07) is 0. The van der Waals surface area contributed by atoms with E-state index in [9.17, 15) is 0 Å². The molecule has 0 spiro atoms. The molecule has 1 aliphatic heterocycles. The molecule has 1 fully saturated rings. The molecular formula is C5H9ClO. The van der Waals surface area contributed by atoms with Crippen LogP contribution < -0.4 is 0 Å². The third kappa shape index (κ3) is 1.66. The van der Waals surface area contributed by atoms with Crippen LogP contribution in [-0.4, -0.2) is 12.2 Å².